The number of carbonyl (C=O) groups is 3. The summed E-state index contributed by atoms with van der Waals surface area (Å²) in [6.45, 7) is 3.95. The summed E-state index contributed by atoms with van der Waals surface area (Å²) in [5.74, 6) is -1.07. The Morgan fingerprint density at radius 1 is 1.00 bits per heavy atom. The minimum absolute atomic E-state index is 0.290. The lowest BCUT2D eigenvalue weighted by molar-refractivity contribution is -0.153. The van der Waals surface area contributed by atoms with Gasteiger partial charge in [0.25, 0.3) is 0 Å². The van der Waals surface area contributed by atoms with Gasteiger partial charge < -0.3 is 9.47 Å². The molecule has 0 aliphatic carbocycles. The van der Waals surface area contributed by atoms with Crippen molar-refractivity contribution in [1.29, 1.82) is 0 Å². The number of rotatable bonds is 5. The summed E-state index contributed by atoms with van der Waals surface area (Å²) in [7, 11) is 0. The molecule has 0 amide bonds. The molecule has 0 saturated heterocycles. The van der Waals surface area contributed by atoms with E-state index in [1.54, 1.807) is 26.0 Å². The van der Waals surface area contributed by atoms with Crippen molar-refractivity contribution >= 4 is 18.2 Å². The quantitative estimate of drug-likeness (QED) is 0.463. The van der Waals surface area contributed by atoms with Gasteiger partial charge in [0.1, 0.15) is 12.7 Å². The summed E-state index contributed by atoms with van der Waals surface area (Å²) in [6, 6.07) is 9.10. The molecule has 104 valence electrons. The summed E-state index contributed by atoms with van der Waals surface area (Å²) in [5.41, 5.74) is 0.729. The van der Waals surface area contributed by atoms with Crippen molar-refractivity contribution < 1.29 is 23.9 Å². The summed E-state index contributed by atoms with van der Waals surface area (Å²) in [6.07, 6.45) is 0.543. The Balaban J connectivity index is 0.000000356. The fourth-order valence-electron chi connectivity index (χ4n) is 1.07. The lowest BCUT2D eigenvalue weighted by atomic mass is 10.2. The topological polar surface area (TPSA) is 69.7 Å². The third-order valence-corrected chi connectivity index (χ3v) is 1.83. The first-order chi connectivity index (χ1) is 9.13. The van der Waals surface area contributed by atoms with Crippen LogP contribution in [0.3, 0.4) is 0 Å². The first-order valence-corrected chi connectivity index (χ1v) is 5.95. The van der Waals surface area contributed by atoms with Gasteiger partial charge in [0.2, 0.25) is 0 Å². The molecule has 5 heteroatoms. The Kier molecular flexibility index (Phi) is 9.70. The first kappa shape index (κ1) is 16.8. The molecule has 0 N–H and O–H groups in total. The molecule has 0 bridgehead atoms. The van der Waals surface area contributed by atoms with Gasteiger partial charge >= 0.3 is 11.9 Å². The van der Waals surface area contributed by atoms with Crippen LogP contribution in [0.4, 0.5) is 0 Å². The zero-order valence-corrected chi connectivity index (χ0v) is 11.1. The van der Waals surface area contributed by atoms with Crippen LogP contribution in [-0.2, 0) is 19.1 Å². The normalized spacial score (nSPS) is 8.74. The Bertz CT molecular complexity index is 370. The lowest BCUT2D eigenvalue weighted by Gasteiger charge is -2.00. The number of esters is 2. The molecule has 0 aliphatic rings. The standard InChI is InChI=1S/C7H12O4.C7H6O/c1-3-10-6(8)5-7(9)11-4-2;8-6-7-4-2-1-3-5-7/h3-5H2,1-2H3;1-6H. The van der Waals surface area contributed by atoms with Crippen LogP contribution in [0.5, 0.6) is 0 Å². The second-order valence-corrected chi connectivity index (χ2v) is 3.32. The summed E-state index contributed by atoms with van der Waals surface area (Å²) in [5, 5.41) is 0. The molecule has 1 aromatic carbocycles. The molecule has 0 aromatic heterocycles. The minimum Gasteiger partial charge on any atom is -0.466 e. The van der Waals surface area contributed by atoms with E-state index in [1.807, 2.05) is 18.2 Å². The molecular formula is C14H18O5. The van der Waals surface area contributed by atoms with Gasteiger partial charge in [-0.15, -0.1) is 0 Å². The third-order valence-electron chi connectivity index (χ3n) is 1.83. The summed E-state index contributed by atoms with van der Waals surface area (Å²) >= 11 is 0. The van der Waals surface area contributed by atoms with E-state index < -0.39 is 11.9 Å². The molecule has 0 fully saturated rings. The highest BCUT2D eigenvalue weighted by molar-refractivity contribution is 5.91. The van der Waals surface area contributed by atoms with Crippen LogP contribution in [0, 0.1) is 0 Å². The second kappa shape index (κ2) is 11.0. The second-order valence-electron chi connectivity index (χ2n) is 3.32. The smallest absolute Gasteiger partial charge is 0.317 e. The van der Waals surface area contributed by atoms with Crippen molar-refractivity contribution in [3.63, 3.8) is 0 Å². The van der Waals surface area contributed by atoms with Gasteiger partial charge in [-0.1, -0.05) is 30.3 Å². The molecule has 19 heavy (non-hydrogen) atoms. The first-order valence-electron chi connectivity index (χ1n) is 5.95. The van der Waals surface area contributed by atoms with Crippen LogP contribution >= 0.6 is 0 Å². The van der Waals surface area contributed by atoms with Gasteiger partial charge in [-0.3, -0.25) is 14.4 Å². The van der Waals surface area contributed by atoms with E-state index >= 15 is 0 Å². The van der Waals surface area contributed by atoms with Gasteiger partial charge in [0.05, 0.1) is 13.2 Å². The Hall–Kier alpha value is -2.17. The summed E-state index contributed by atoms with van der Waals surface area (Å²) < 4.78 is 9.04. The van der Waals surface area contributed by atoms with E-state index in [0.717, 1.165) is 11.8 Å². The molecule has 1 rings (SSSR count). The molecule has 1 aromatic rings. The zero-order valence-electron chi connectivity index (χ0n) is 11.1. The minimum atomic E-state index is -0.536. The lowest BCUT2D eigenvalue weighted by Crippen LogP contribution is -2.13. The molecule has 5 nitrogen and oxygen atoms in total. The van der Waals surface area contributed by atoms with Gasteiger partial charge in [0, 0.05) is 5.56 Å². The Labute approximate surface area is 112 Å². The van der Waals surface area contributed by atoms with Crippen molar-refractivity contribution in [2.75, 3.05) is 13.2 Å². The molecule has 0 radical (unpaired) electrons. The number of hydrogen-bond acceptors (Lipinski definition) is 5. The van der Waals surface area contributed by atoms with Gasteiger partial charge in [0.15, 0.2) is 0 Å². The van der Waals surface area contributed by atoms with Crippen molar-refractivity contribution in [3.8, 4) is 0 Å². The highest BCUT2D eigenvalue weighted by Gasteiger charge is 2.09. The molecule has 0 unspecified atom stereocenters. The van der Waals surface area contributed by atoms with Gasteiger partial charge in [-0.25, -0.2) is 0 Å². The molecular weight excluding hydrogens is 248 g/mol. The van der Waals surface area contributed by atoms with Crippen molar-refractivity contribution in [2.45, 2.75) is 20.3 Å². The predicted molar refractivity (Wildman–Crippen MR) is 69.7 cm³/mol. The van der Waals surface area contributed by atoms with Crippen molar-refractivity contribution in [3.05, 3.63) is 35.9 Å². The average molecular weight is 266 g/mol. The van der Waals surface area contributed by atoms with Crippen LogP contribution in [0.25, 0.3) is 0 Å². The van der Waals surface area contributed by atoms with Crippen LogP contribution in [0.2, 0.25) is 0 Å². The SMILES string of the molecule is CCOC(=O)CC(=O)OCC.O=Cc1ccccc1. The molecule has 0 spiro atoms. The monoisotopic (exact) mass is 266 g/mol. The predicted octanol–water partition coefficient (Wildman–Crippen LogP) is 2.00. The maximum Gasteiger partial charge on any atom is 0.317 e. The Morgan fingerprint density at radius 3 is 1.79 bits per heavy atom. The maximum atomic E-state index is 10.6. The number of benzene rings is 1. The van der Waals surface area contributed by atoms with E-state index in [0.29, 0.717) is 0 Å². The fraction of sp³-hybridized carbons (Fsp3) is 0.357. The number of carbonyl (C=O) groups excluding carboxylic acids is 3. The van der Waals surface area contributed by atoms with E-state index in [1.165, 1.54) is 0 Å². The average Bonchev–Trinajstić information content (AvgIpc) is 2.41. The number of aldehydes is 1. The van der Waals surface area contributed by atoms with E-state index in [4.69, 9.17) is 0 Å². The fourth-order valence-corrected chi connectivity index (χ4v) is 1.07. The third kappa shape index (κ3) is 9.52. The van der Waals surface area contributed by atoms with Crippen LogP contribution in [0.1, 0.15) is 30.6 Å². The van der Waals surface area contributed by atoms with E-state index in [9.17, 15) is 14.4 Å². The number of ether oxygens (including phenoxy) is 2. The Morgan fingerprint density at radius 2 is 1.47 bits per heavy atom. The largest absolute Gasteiger partial charge is 0.466 e. The highest BCUT2D eigenvalue weighted by atomic mass is 16.5. The van der Waals surface area contributed by atoms with Crippen molar-refractivity contribution in [2.24, 2.45) is 0 Å². The molecule has 0 heterocycles. The highest BCUT2D eigenvalue weighted by Crippen LogP contribution is 1.91. The van der Waals surface area contributed by atoms with E-state index in [-0.39, 0.29) is 19.6 Å². The van der Waals surface area contributed by atoms with E-state index in [2.05, 4.69) is 9.47 Å². The maximum absolute atomic E-state index is 10.6. The van der Waals surface area contributed by atoms with Gasteiger partial charge in [-0.05, 0) is 13.8 Å². The molecule has 0 saturated carbocycles. The number of hydrogen-bond donors (Lipinski definition) is 0. The summed E-state index contributed by atoms with van der Waals surface area (Å²) in [4.78, 5) is 31.2. The van der Waals surface area contributed by atoms with Crippen molar-refractivity contribution in [1.82, 2.24) is 0 Å². The molecule has 0 aliphatic heterocycles. The molecule has 0 atom stereocenters. The van der Waals surface area contributed by atoms with Gasteiger partial charge in [-0.2, -0.15) is 0 Å². The van der Waals surface area contributed by atoms with Crippen LogP contribution in [0.15, 0.2) is 30.3 Å². The van der Waals surface area contributed by atoms with Crippen LogP contribution in [-0.4, -0.2) is 31.4 Å². The van der Waals surface area contributed by atoms with Crippen LogP contribution < -0.4 is 0 Å². The zero-order chi connectivity index (χ0) is 14.5.